The van der Waals surface area contributed by atoms with E-state index in [0.717, 1.165) is 31.7 Å². The highest BCUT2D eigenvalue weighted by atomic mass is 35.5. The molecule has 2 aliphatic heterocycles. The van der Waals surface area contributed by atoms with E-state index in [9.17, 15) is 19.8 Å². The molecule has 0 bridgehead atoms. The van der Waals surface area contributed by atoms with Crippen LogP contribution in [0.4, 0.5) is 0 Å². The molecule has 0 spiro atoms. The van der Waals surface area contributed by atoms with Crippen molar-refractivity contribution in [1.82, 2.24) is 4.90 Å². The van der Waals surface area contributed by atoms with Gasteiger partial charge in [-0.05, 0) is 44.1 Å². The molecule has 35 heavy (non-hydrogen) atoms. The zero-order valence-electron chi connectivity index (χ0n) is 20.0. The van der Waals surface area contributed by atoms with Crippen molar-refractivity contribution in [3.8, 4) is 11.5 Å². The third-order valence-corrected chi connectivity index (χ3v) is 6.55. The first-order chi connectivity index (χ1) is 16.9. The Morgan fingerprint density at radius 1 is 1.20 bits per heavy atom. The molecule has 1 atom stereocenters. The fourth-order valence-corrected chi connectivity index (χ4v) is 4.43. The van der Waals surface area contributed by atoms with Crippen molar-refractivity contribution in [1.29, 1.82) is 0 Å². The number of aromatic hydroxyl groups is 2. The molecule has 2 aliphatic rings. The number of methoxy groups -OCH3 is 1. The number of allylic oxidation sites excluding steroid dienone is 1. The van der Waals surface area contributed by atoms with Crippen LogP contribution in [0, 0.1) is 0 Å². The number of phenols is 2. The van der Waals surface area contributed by atoms with Gasteiger partial charge in [0, 0.05) is 39.1 Å². The number of halogens is 1. The van der Waals surface area contributed by atoms with Crippen LogP contribution in [-0.2, 0) is 25.5 Å². The van der Waals surface area contributed by atoms with Gasteiger partial charge < -0.3 is 29.4 Å². The highest BCUT2D eigenvalue weighted by Gasteiger charge is 2.26. The van der Waals surface area contributed by atoms with E-state index in [0.29, 0.717) is 38.1 Å². The molecule has 1 unspecified atom stereocenters. The average Bonchev–Trinajstić information content (AvgIpc) is 2.85. The van der Waals surface area contributed by atoms with Gasteiger partial charge in [-0.1, -0.05) is 28.9 Å². The molecule has 1 fully saturated rings. The van der Waals surface area contributed by atoms with Crippen molar-refractivity contribution >= 4 is 29.2 Å². The smallest absolute Gasteiger partial charge is 0.342 e. The second kappa shape index (κ2) is 13.3. The molecule has 10 heteroatoms. The summed E-state index contributed by atoms with van der Waals surface area (Å²) in [6.45, 7) is 1.34. The monoisotopic (exact) mass is 508 g/mol. The van der Waals surface area contributed by atoms with Gasteiger partial charge in [0.2, 0.25) is 0 Å². The lowest BCUT2D eigenvalue weighted by atomic mass is 9.96. The number of ether oxygens (including phenoxy) is 2. The number of nitrogens with zero attached hydrogens (tertiary/aromatic N) is 2. The van der Waals surface area contributed by atoms with Gasteiger partial charge in [0.1, 0.15) is 17.1 Å². The van der Waals surface area contributed by atoms with Gasteiger partial charge in [-0.15, -0.1) is 0 Å². The zero-order valence-corrected chi connectivity index (χ0v) is 20.8. The number of phenolic OH excluding ortho intramolecular Hbond substituents is 2. The van der Waals surface area contributed by atoms with Crippen molar-refractivity contribution in [2.45, 2.75) is 57.5 Å². The Kier molecular flexibility index (Phi) is 10.2. The molecule has 9 nitrogen and oxygen atoms in total. The number of piperidine rings is 1. The van der Waals surface area contributed by atoms with E-state index < -0.39 is 11.7 Å². The van der Waals surface area contributed by atoms with Gasteiger partial charge in [0.15, 0.2) is 6.61 Å². The lowest BCUT2D eigenvalue weighted by Crippen LogP contribution is -2.37. The van der Waals surface area contributed by atoms with Crippen LogP contribution in [-0.4, -0.2) is 72.2 Å². The summed E-state index contributed by atoms with van der Waals surface area (Å²) in [5, 5.41) is 24.7. The molecule has 0 aliphatic carbocycles. The summed E-state index contributed by atoms with van der Waals surface area (Å²) in [4.78, 5) is 32.4. The summed E-state index contributed by atoms with van der Waals surface area (Å²) >= 11 is 6.35. The van der Waals surface area contributed by atoms with Gasteiger partial charge >= 0.3 is 5.97 Å². The fourth-order valence-electron chi connectivity index (χ4n) is 4.21. The topological polar surface area (TPSA) is 118 Å². The predicted octanol–water partition coefficient (Wildman–Crippen LogP) is 3.98. The number of carbonyl (C=O) groups is 2. The Labute approximate surface area is 210 Å². The number of likely N-dealkylation sites (tertiary alicyclic amines) is 1. The largest absolute Gasteiger partial charge is 0.507 e. The Hall–Kier alpha value is -2.78. The van der Waals surface area contributed by atoms with E-state index in [1.807, 2.05) is 12.2 Å². The summed E-state index contributed by atoms with van der Waals surface area (Å²) in [6.07, 6.45) is 9.09. The molecule has 192 valence electrons. The number of cyclic esters (lactones) is 1. The van der Waals surface area contributed by atoms with Crippen molar-refractivity contribution in [3.63, 3.8) is 0 Å². The normalized spacial score (nSPS) is 21.2. The molecular formula is C25H33ClN2O7. The number of oxime groups is 1. The SMILES string of the molecule is COC1CCC=CCCOC(=O)c2c(O)cc(O)c(Cl)c2CC(=NOCC(=O)N2CCCCC2)C1. The third-order valence-electron chi connectivity index (χ3n) is 6.13. The molecule has 0 radical (unpaired) electrons. The molecule has 1 aromatic carbocycles. The number of fused-ring (bicyclic) bond motifs is 1. The molecular weight excluding hydrogens is 476 g/mol. The van der Waals surface area contributed by atoms with Crippen molar-refractivity contribution in [2.24, 2.45) is 5.16 Å². The highest BCUT2D eigenvalue weighted by molar-refractivity contribution is 6.33. The van der Waals surface area contributed by atoms with Crippen LogP contribution >= 0.6 is 11.6 Å². The molecule has 0 saturated carbocycles. The van der Waals surface area contributed by atoms with Crippen LogP contribution in [0.25, 0.3) is 0 Å². The fraction of sp³-hybridized carbons (Fsp3) is 0.560. The van der Waals surface area contributed by atoms with Crippen LogP contribution in [0.1, 0.15) is 60.9 Å². The standard InChI is InChI=1S/C25H33ClN2O7/c1-33-18-9-5-2-3-8-12-34-25(32)23-19(24(26)21(30)15-20(23)29)14-17(13-18)27-35-16-22(31)28-10-6-4-7-11-28/h2-3,15,18,29-30H,4-14,16H2,1H3. The first-order valence-corrected chi connectivity index (χ1v) is 12.3. The maximum Gasteiger partial charge on any atom is 0.342 e. The van der Waals surface area contributed by atoms with Crippen LogP contribution in [0.5, 0.6) is 11.5 Å². The number of rotatable bonds is 4. The highest BCUT2D eigenvalue weighted by Crippen LogP contribution is 2.37. The molecule has 1 aromatic rings. The summed E-state index contributed by atoms with van der Waals surface area (Å²) < 4.78 is 10.9. The molecule has 0 aromatic heterocycles. The number of esters is 1. The lowest BCUT2D eigenvalue weighted by Gasteiger charge is -2.26. The van der Waals surface area contributed by atoms with Crippen molar-refractivity contribution in [3.05, 3.63) is 34.4 Å². The van der Waals surface area contributed by atoms with E-state index in [2.05, 4.69) is 5.16 Å². The van der Waals surface area contributed by atoms with Crippen LogP contribution in [0.3, 0.4) is 0 Å². The number of benzene rings is 1. The maximum atomic E-state index is 12.8. The molecule has 3 rings (SSSR count). The Morgan fingerprint density at radius 2 is 1.94 bits per heavy atom. The van der Waals surface area contributed by atoms with Crippen LogP contribution in [0.15, 0.2) is 23.4 Å². The number of carbonyl (C=O) groups excluding carboxylic acids is 2. The van der Waals surface area contributed by atoms with Crippen LogP contribution < -0.4 is 0 Å². The lowest BCUT2D eigenvalue weighted by molar-refractivity contribution is -0.137. The third kappa shape index (κ3) is 7.60. The van der Waals surface area contributed by atoms with Gasteiger partial charge in [-0.25, -0.2) is 4.79 Å². The van der Waals surface area contributed by atoms with Crippen LogP contribution in [0.2, 0.25) is 5.02 Å². The van der Waals surface area contributed by atoms with E-state index >= 15 is 0 Å². The second-order valence-electron chi connectivity index (χ2n) is 8.67. The number of hydrogen-bond donors (Lipinski definition) is 2. The molecule has 2 N–H and O–H groups in total. The van der Waals surface area contributed by atoms with Gasteiger partial charge in [-0.2, -0.15) is 0 Å². The summed E-state index contributed by atoms with van der Waals surface area (Å²) in [5.41, 5.74) is 0.478. The van der Waals surface area contributed by atoms with Gasteiger partial charge in [-0.3, -0.25) is 4.79 Å². The first-order valence-electron chi connectivity index (χ1n) is 11.9. The van der Waals surface area contributed by atoms with Crippen molar-refractivity contribution < 1.29 is 34.1 Å². The summed E-state index contributed by atoms with van der Waals surface area (Å²) in [7, 11) is 1.60. The first kappa shape index (κ1) is 26.8. The maximum absolute atomic E-state index is 12.8. The minimum Gasteiger partial charge on any atom is -0.507 e. The van der Waals surface area contributed by atoms with E-state index in [1.165, 1.54) is 0 Å². The second-order valence-corrected chi connectivity index (χ2v) is 9.04. The quantitative estimate of drug-likeness (QED) is 0.359. The van der Waals surface area contributed by atoms with Gasteiger partial charge in [0.25, 0.3) is 5.91 Å². The minimum absolute atomic E-state index is 0.0150. The van der Waals surface area contributed by atoms with E-state index in [1.54, 1.807) is 12.0 Å². The number of hydrogen-bond acceptors (Lipinski definition) is 8. The minimum atomic E-state index is -0.756. The summed E-state index contributed by atoms with van der Waals surface area (Å²) in [6, 6.07) is 1.01. The van der Waals surface area contributed by atoms with E-state index in [-0.39, 0.29) is 53.5 Å². The number of amides is 1. The molecule has 1 amide bonds. The predicted molar refractivity (Wildman–Crippen MR) is 131 cm³/mol. The summed E-state index contributed by atoms with van der Waals surface area (Å²) in [5.74, 6) is -1.71. The van der Waals surface area contributed by atoms with Crippen molar-refractivity contribution in [2.75, 3.05) is 33.4 Å². The Bertz CT molecular complexity index is 958. The van der Waals surface area contributed by atoms with Gasteiger partial charge in [0.05, 0.1) is 23.4 Å². The Morgan fingerprint density at radius 3 is 2.69 bits per heavy atom. The van der Waals surface area contributed by atoms with E-state index in [4.69, 9.17) is 25.9 Å². The average molecular weight is 509 g/mol. The zero-order chi connectivity index (χ0) is 25.2. The Balaban J connectivity index is 1.89. The molecule has 2 heterocycles. The molecule has 1 saturated heterocycles.